The van der Waals surface area contributed by atoms with E-state index in [4.69, 9.17) is 5.73 Å². The molecule has 2 aliphatic rings. The highest BCUT2D eigenvalue weighted by Crippen LogP contribution is 2.32. The van der Waals surface area contributed by atoms with Crippen molar-refractivity contribution in [3.63, 3.8) is 0 Å². The number of benzene rings is 2. The molecule has 0 radical (unpaired) electrons. The fraction of sp³-hybridized carbons (Fsp3) is 0.304. The Morgan fingerprint density at radius 2 is 2.06 bits per heavy atom. The van der Waals surface area contributed by atoms with Crippen LogP contribution < -0.4 is 21.3 Å². The maximum atomic E-state index is 13.0. The first kappa shape index (κ1) is 22.4. The lowest BCUT2D eigenvalue weighted by molar-refractivity contribution is -0.129. The number of nitrogens with two attached hydrogens (primary N) is 1. The van der Waals surface area contributed by atoms with Crippen LogP contribution in [0.25, 0.3) is 0 Å². The van der Waals surface area contributed by atoms with Gasteiger partial charge in [0.2, 0.25) is 11.8 Å². The number of rotatable bonds is 7. The molecule has 172 valence electrons. The number of nitrogens with zero attached hydrogens (tertiary/aromatic N) is 2. The van der Waals surface area contributed by atoms with Crippen molar-refractivity contribution >= 4 is 40.6 Å². The number of carbonyl (C=O) groups is 3. The van der Waals surface area contributed by atoms with Gasteiger partial charge in [-0.1, -0.05) is 6.07 Å². The Bertz CT molecular complexity index is 1150. The van der Waals surface area contributed by atoms with E-state index >= 15 is 0 Å². The van der Waals surface area contributed by atoms with Crippen molar-refractivity contribution in [3.8, 4) is 0 Å². The van der Waals surface area contributed by atoms with Gasteiger partial charge in [0.15, 0.2) is 0 Å². The summed E-state index contributed by atoms with van der Waals surface area (Å²) in [7, 11) is 0. The topological polar surface area (TPSA) is 157 Å². The molecule has 0 aliphatic carbocycles. The third-order valence-corrected chi connectivity index (χ3v) is 5.68. The number of amidine groups is 1. The molecule has 2 aromatic carbocycles. The van der Waals surface area contributed by atoms with Crippen LogP contribution in [0.4, 0.5) is 17.1 Å². The van der Waals surface area contributed by atoms with Crippen molar-refractivity contribution in [3.05, 3.63) is 53.1 Å². The fourth-order valence-corrected chi connectivity index (χ4v) is 4.04. The number of fused-ring (bicyclic) bond motifs is 2. The van der Waals surface area contributed by atoms with Crippen LogP contribution >= 0.6 is 0 Å². The van der Waals surface area contributed by atoms with Gasteiger partial charge >= 0.3 is 0 Å². The fourth-order valence-electron chi connectivity index (χ4n) is 4.04. The summed E-state index contributed by atoms with van der Waals surface area (Å²) in [5, 5.41) is 25.3. The van der Waals surface area contributed by atoms with Gasteiger partial charge in [0, 0.05) is 35.6 Å². The predicted octanol–water partition coefficient (Wildman–Crippen LogP) is 0.505. The largest absolute Gasteiger partial charge is 0.395 e. The summed E-state index contributed by atoms with van der Waals surface area (Å²) in [6, 6.07) is 10.3. The van der Waals surface area contributed by atoms with Gasteiger partial charge in [0.25, 0.3) is 5.91 Å². The van der Waals surface area contributed by atoms with Gasteiger partial charge < -0.3 is 31.5 Å². The maximum absolute atomic E-state index is 13.0. The molecule has 0 fully saturated rings. The van der Waals surface area contributed by atoms with E-state index in [0.29, 0.717) is 35.9 Å². The van der Waals surface area contributed by atoms with Crippen LogP contribution in [-0.2, 0) is 27.3 Å². The Morgan fingerprint density at radius 1 is 1.24 bits per heavy atom. The molecular formula is C23H25N5O5. The van der Waals surface area contributed by atoms with Gasteiger partial charge in [-0.15, -0.1) is 0 Å². The lowest BCUT2D eigenvalue weighted by Gasteiger charge is -2.28. The van der Waals surface area contributed by atoms with E-state index in [-0.39, 0.29) is 25.5 Å². The molecule has 4 rings (SSSR count). The summed E-state index contributed by atoms with van der Waals surface area (Å²) in [5.74, 6) is -0.902. The molecule has 0 aromatic heterocycles. The first-order valence-electron chi connectivity index (χ1n) is 10.6. The van der Waals surface area contributed by atoms with Crippen molar-refractivity contribution in [2.45, 2.75) is 31.9 Å². The minimum atomic E-state index is -1.59. The second kappa shape index (κ2) is 9.39. The summed E-state index contributed by atoms with van der Waals surface area (Å²) in [6.07, 6.45) is -1.33. The number of aliphatic hydroxyl groups excluding tert-OH is 2. The zero-order valence-corrected chi connectivity index (χ0v) is 17.9. The summed E-state index contributed by atoms with van der Waals surface area (Å²) in [5.41, 5.74) is 9.86. The number of aliphatic imine (C=N–C) groups is 1. The van der Waals surface area contributed by atoms with E-state index in [1.165, 1.54) is 4.90 Å². The zero-order valence-electron chi connectivity index (χ0n) is 17.9. The van der Waals surface area contributed by atoms with Gasteiger partial charge in [-0.3, -0.25) is 19.4 Å². The lowest BCUT2D eigenvalue weighted by Crippen LogP contribution is -2.39. The summed E-state index contributed by atoms with van der Waals surface area (Å²) >= 11 is 0. The Balaban J connectivity index is 1.45. The zero-order chi connectivity index (χ0) is 23.5. The normalized spacial score (nSPS) is 15.1. The molecule has 0 spiro atoms. The smallest absolute Gasteiger partial charge is 0.253 e. The quantitative estimate of drug-likeness (QED) is 0.413. The van der Waals surface area contributed by atoms with Gasteiger partial charge in [-0.2, -0.15) is 0 Å². The SMILES string of the molecule is NC1=NCc2cc(NC(=O)[C@H](O)CC(=O)N(CCO)c3cccc4c3CCC(=O)N4)ccc21. The van der Waals surface area contributed by atoms with Crippen LogP contribution in [0.2, 0.25) is 0 Å². The Labute approximate surface area is 190 Å². The van der Waals surface area contributed by atoms with Crippen LogP contribution in [0.15, 0.2) is 41.4 Å². The second-order valence-electron chi connectivity index (χ2n) is 7.90. The monoisotopic (exact) mass is 451 g/mol. The molecule has 10 nitrogen and oxygen atoms in total. The molecule has 0 saturated heterocycles. The molecule has 0 bridgehead atoms. The number of nitrogens with one attached hydrogen (secondary N) is 2. The van der Waals surface area contributed by atoms with E-state index in [0.717, 1.165) is 16.7 Å². The van der Waals surface area contributed by atoms with Gasteiger partial charge in [0.05, 0.1) is 19.6 Å². The Hall–Kier alpha value is -3.76. The van der Waals surface area contributed by atoms with Crippen molar-refractivity contribution in [2.75, 3.05) is 28.7 Å². The van der Waals surface area contributed by atoms with Crippen molar-refractivity contribution in [1.82, 2.24) is 0 Å². The van der Waals surface area contributed by atoms with E-state index in [1.807, 2.05) is 0 Å². The average molecular weight is 451 g/mol. The lowest BCUT2D eigenvalue weighted by atomic mass is 9.99. The summed E-state index contributed by atoms with van der Waals surface area (Å²) < 4.78 is 0. The molecular weight excluding hydrogens is 426 g/mol. The van der Waals surface area contributed by atoms with Crippen LogP contribution in [0, 0.1) is 0 Å². The third kappa shape index (κ3) is 4.71. The Morgan fingerprint density at radius 3 is 2.85 bits per heavy atom. The molecule has 1 atom stereocenters. The number of aliphatic hydroxyl groups is 2. The van der Waals surface area contributed by atoms with Crippen LogP contribution in [0.1, 0.15) is 29.5 Å². The van der Waals surface area contributed by atoms with Crippen molar-refractivity contribution in [2.24, 2.45) is 10.7 Å². The summed E-state index contributed by atoms with van der Waals surface area (Å²) in [4.78, 5) is 42.7. The van der Waals surface area contributed by atoms with E-state index in [9.17, 15) is 24.6 Å². The van der Waals surface area contributed by atoms with E-state index in [1.54, 1.807) is 36.4 Å². The highest BCUT2D eigenvalue weighted by molar-refractivity contribution is 6.04. The van der Waals surface area contributed by atoms with Crippen molar-refractivity contribution in [1.29, 1.82) is 0 Å². The number of amides is 3. The first-order valence-corrected chi connectivity index (χ1v) is 10.6. The Kier molecular flexibility index (Phi) is 6.38. The molecule has 0 unspecified atom stereocenters. The number of carbonyl (C=O) groups excluding carboxylic acids is 3. The van der Waals surface area contributed by atoms with E-state index in [2.05, 4.69) is 15.6 Å². The highest BCUT2D eigenvalue weighted by Gasteiger charge is 2.27. The second-order valence-corrected chi connectivity index (χ2v) is 7.90. The molecule has 2 heterocycles. The molecule has 0 saturated carbocycles. The molecule has 10 heteroatoms. The highest BCUT2D eigenvalue weighted by atomic mass is 16.3. The van der Waals surface area contributed by atoms with Gasteiger partial charge in [-0.25, -0.2) is 0 Å². The molecule has 6 N–H and O–H groups in total. The predicted molar refractivity (Wildman–Crippen MR) is 123 cm³/mol. The minimum absolute atomic E-state index is 0.0101. The van der Waals surface area contributed by atoms with Gasteiger partial charge in [-0.05, 0) is 47.9 Å². The minimum Gasteiger partial charge on any atom is -0.395 e. The van der Waals surface area contributed by atoms with Crippen LogP contribution in [0.5, 0.6) is 0 Å². The third-order valence-electron chi connectivity index (χ3n) is 5.68. The number of hydrogen-bond acceptors (Lipinski definition) is 7. The van der Waals surface area contributed by atoms with Crippen molar-refractivity contribution < 1.29 is 24.6 Å². The summed E-state index contributed by atoms with van der Waals surface area (Å²) in [6.45, 7) is 0.109. The van der Waals surface area contributed by atoms with Gasteiger partial charge in [0.1, 0.15) is 11.9 Å². The molecule has 2 aliphatic heterocycles. The molecule has 33 heavy (non-hydrogen) atoms. The first-order chi connectivity index (χ1) is 15.9. The molecule has 2 aromatic rings. The van der Waals surface area contributed by atoms with E-state index < -0.39 is 24.3 Å². The number of anilines is 3. The standard InChI is InChI=1S/C23H25N5O5/c24-22-15-5-4-14(10-13(15)12-25-22)26-23(33)19(30)11-21(32)28(8-9-29)18-3-1-2-17-16(18)6-7-20(31)27-17/h1-5,10,19,29-30H,6-9,11-12H2,(H2,24,25)(H,26,33)(H,27,31)/t19-/m1/s1. The maximum Gasteiger partial charge on any atom is 0.253 e. The molecule has 3 amide bonds. The number of hydrogen-bond donors (Lipinski definition) is 5. The average Bonchev–Trinajstić information content (AvgIpc) is 3.16. The van der Waals surface area contributed by atoms with Crippen LogP contribution in [-0.4, -0.2) is 53.0 Å². The van der Waals surface area contributed by atoms with Crippen LogP contribution in [0.3, 0.4) is 0 Å².